The minimum absolute atomic E-state index is 1.22. The Balaban J connectivity index is 3.66. The van der Waals surface area contributed by atoms with Crippen molar-refractivity contribution >= 4 is 0 Å². The van der Waals surface area contributed by atoms with Crippen molar-refractivity contribution in [3.05, 3.63) is 12.2 Å². The minimum Gasteiger partial charge on any atom is -0.303 e. The molecule has 0 aliphatic carbocycles. The molecule has 0 fully saturated rings. The van der Waals surface area contributed by atoms with Crippen molar-refractivity contribution < 1.29 is 0 Å². The fourth-order valence-corrected chi connectivity index (χ4v) is 1.93. The first-order chi connectivity index (χ1) is 7.85. The number of unbranched alkanes of at least 4 members (excludes halogenated alkanes) is 4. The maximum atomic E-state index is 2.64. The van der Waals surface area contributed by atoms with Crippen LogP contribution in [0.25, 0.3) is 0 Å². The molecule has 0 bridgehead atoms. The number of hydrogen-bond acceptors (Lipinski definition) is 1. The molecule has 0 saturated carbocycles. The normalized spacial score (nSPS) is 11.8. The molecule has 0 spiro atoms. The van der Waals surface area contributed by atoms with Crippen molar-refractivity contribution in [1.82, 2.24) is 4.90 Å². The lowest BCUT2D eigenvalue weighted by atomic mass is 10.2. The van der Waals surface area contributed by atoms with E-state index in [4.69, 9.17) is 0 Å². The summed E-state index contributed by atoms with van der Waals surface area (Å²) in [7, 11) is 0. The number of hydrogen-bond donors (Lipinski definition) is 0. The van der Waals surface area contributed by atoms with Gasteiger partial charge < -0.3 is 4.90 Å². The van der Waals surface area contributed by atoms with Crippen LogP contribution in [0.3, 0.4) is 0 Å². The lowest BCUT2D eigenvalue weighted by Crippen LogP contribution is -2.27. The molecule has 0 aliphatic heterocycles. The van der Waals surface area contributed by atoms with Crippen molar-refractivity contribution in [2.24, 2.45) is 0 Å². The van der Waals surface area contributed by atoms with Gasteiger partial charge in [0.2, 0.25) is 0 Å². The summed E-state index contributed by atoms with van der Waals surface area (Å²) in [5.74, 6) is 0. The molecule has 96 valence electrons. The maximum absolute atomic E-state index is 2.64. The predicted octanol–water partition coefficient (Wildman–Crippen LogP) is 4.64. The second-order valence-electron chi connectivity index (χ2n) is 4.61. The smallest absolute Gasteiger partial charge is 0.00159 e. The zero-order valence-corrected chi connectivity index (χ0v) is 11.7. The van der Waals surface area contributed by atoms with Crippen LogP contribution in [0.1, 0.15) is 65.7 Å². The van der Waals surface area contributed by atoms with Gasteiger partial charge in [0.05, 0.1) is 0 Å². The molecule has 0 aromatic heterocycles. The Morgan fingerprint density at radius 3 is 1.81 bits per heavy atom. The third kappa shape index (κ3) is 10.2. The molecule has 0 saturated heterocycles. The van der Waals surface area contributed by atoms with Crippen molar-refractivity contribution in [1.29, 1.82) is 0 Å². The largest absolute Gasteiger partial charge is 0.303 e. The van der Waals surface area contributed by atoms with E-state index < -0.39 is 0 Å². The summed E-state index contributed by atoms with van der Waals surface area (Å²) in [6.45, 7) is 10.5. The third-order valence-electron chi connectivity index (χ3n) is 3.00. The molecule has 0 rings (SSSR count). The third-order valence-corrected chi connectivity index (χ3v) is 3.00. The van der Waals surface area contributed by atoms with E-state index >= 15 is 0 Å². The molecule has 1 nitrogen and oxygen atoms in total. The van der Waals surface area contributed by atoms with Crippen LogP contribution in [0.2, 0.25) is 0 Å². The van der Waals surface area contributed by atoms with Gasteiger partial charge in [0.1, 0.15) is 0 Å². The molecule has 0 unspecified atom stereocenters. The number of allylic oxidation sites excluding steroid dienone is 1. The van der Waals surface area contributed by atoms with Gasteiger partial charge >= 0.3 is 0 Å². The molecular formula is C15H31N. The molecular weight excluding hydrogens is 194 g/mol. The summed E-state index contributed by atoms with van der Waals surface area (Å²) < 4.78 is 0. The Morgan fingerprint density at radius 1 is 0.812 bits per heavy atom. The van der Waals surface area contributed by atoms with E-state index in [1.165, 1.54) is 64.6 Å². The first-order valence-corrected chi connectivity index (χ1v) is 7.18. The summed E-state index contributed by atoms with van der Waals surface area (Å²) in [5, 5.41) is 0. The van der Waals surface area contributed by atoms with E-state index in [1.54, 1.807) is 0 Å². The SMILES string of the molecule is C/C=C/CCN(CCCCC)CCCCC. The van der Waals surface area contributed by atoms with Gasteiger partial charge in [-0.2, -0.15) is 0 Å². The molecule has 0 aromatic carbocycles. The molecule has 0 heterocycles. The standard InChI is InChI=1S/C15H31N/c1-4-7-10-13-16(14-11-8-5-2)15-12-9-6-3/h4,7H,5-6,8-15H2,1-3H3/b7-4+. The van der Waals surface area contributed by atoms with Crippen molar-refractivity contribution in [3.8, 4) is 0 Å². The highest BCUT2D eigenvalue weighted by Crippen LogP contribution is 2.03. The molecule has 1 heteroatoms. The van der Waals surface area contributed by atoms with Gasteiger partial charge in [-0.3, -0.25) is 0 Å². The molecule has 0 amide bonds. The van der Waals surface area contributed by atoms with E-state index in [0.29, 0.717) is 0 Å². The summed E-state index contributed by atoms with van der Waals surface area (Å²) in [4.78, 5) is 2.64. The summed E-state index contributed by atoms with van der Waals surface area (Å²) >= 11 is 0. The first kappa shape index (κ1) is 15.7. The van der Waals surface area contributed by atoms with E-state index in [9.17, 15) is 0 Å². The maximum Gasteiger partial charge on any atom is 0.00159 e. The molecule has 0 atom stereocenters. The van der Waals surface area contributed by atoms with Crippen LogP contribution >= 0.6 is 0 Å². The van der Waals surface area contributed by atoms with Gasteiger partial charge in [0.15, 0.2) is 0 Å². The van der Waals surface area contributed by atoms with Crippen LogP contribution in [0.4, 0.5) is 0 Å². The Morgan fingerprint density at radius 2 is 1.38 bits per heavy atom. The fraction of sp³-hybridized carbons (Fsp3) is 0.867. The number of rotatable bonds is 11. The minimum atomic E-state index is 1.22. The highest BCUT2D eigenvalue weighted by molar-refractivity contribution is 4.78. The van der Waals surface area contributed by atoms with Gasteiger partial charge in [0.25, 0.3) is 0 Å². The van der Waals surface area contributed by atoms with Crippen LogP contribution in [0.5, 0.6) is 0 Å². The second kappa shape index (κ2) is 12.8. The molecule has 0 radical (unpaired) electrons. The Kier molecular flexibility index (Phi) is 12.5. The molecule has 0 N–H and O–H groups in total. The Hall–Kier alpha value is -0.300. The molecule has 0 aromatic rings. The zero-order valence-electron chi connectivity index (χ0n) is 11.7. The van der Waals surface area contributed by atoms with Gasteiger partial charge in [-0.15, -0.1) is 0 Å². The average Bonchev–Trinajstić information content (AvgIpc) is 2.29. The van der Waals surface area contributed by atoms with Crippen LogP contribution < -0.4 is 0 Å². The van der Waals surface area contributed by atoms with Crippen LogP contribution in [0, 0.1) is 0 Å². The quantitative estimate of drug-likeness (QED) is 0.366. The second-order valence-corrected chi connectivity index (χ2v) is 4.61. The van der Waals surface area contributed by atoms with E-state index in [-0.39, 0.29) is 0 Å². The Bertz CT molecular complexity index is 142. The first-order valence-electron chi connectivity index (χ1n) is 7.18. The van der Waals surface area contributed by atoms with Crippen LogP contribution in [0.15, 0.2) is 12.2 Å². The lowest BCUT2D eigenvalue weighted by Gasteiger charge is -2.21. The topological polar surface area (TPSA) is 3.24 Å². The van der Waals surface area contributed by atoms with Gasteiger partial charge in [-0.1, -0.05) is 51.7 Å². The van der Waals surface area contributed by atoms with Crippen LogP contribution in [-0.2, 0) is 0 Å². The fourth-order valence-electron chi connectivity index (χ4n) is 1.93. The molecule has 0 aliphatic rings. The Labute approximate surface area is 103 Å². The van der Waals surface area contributed by atoms with Gasteiger partial charge in [-0.05, 0) is 39.3 Å². The monoisotopic (exact) mass is 225 g/mol. The summed E-state index contributed by atoms with van der Waals surface area (Å²) in [5.41, 5.74) is 0. The summed E-state index contributed by atoms with van der Waals surface area (Å²) in [6, 6.07) is 0. The van der Waals surface area contributed by atoms with E-state index in [1.807, 2.05) is 0 Å². The lowest BCUT2D eigenvalue weighted by molar-refractivity contribution is 0.266. The highest BCUT2D eigenvalue weighted by atomic mass is 15.1. The van der Waals surface area contributed by atoms with E-state index in [0.717, 1.165) is 0 Å². The van der Waals surface area contributed by atoms with Crippen LogP contribution in [-0.4, -0.2) is 24.5 Å². The van der Waals surface area contributed by atoms with Crippen molar-refractivity contribution in [3.63, 3.8) is 0 Å². The zero-order chi connectivity index (χ0) is 12.1. The van der Waals surface area contributed by atoms with E-state index in [2.05, 4.69) is 37.8 Å². The molecule has 16 heavy (non-hydrogen) atoms. The predicted molar refractivity (Wildman–Crippen MR) is 74.9 cm³/mol. The van der Waals surface area contributed by atoms with Gasteiger partial charge in [-0.25, -0.2) is 0 Å². The summed E-state index contributed by atoms with van der Waals surface area (Å²) in [6.07, 6.45) is 13.8. The number of nitrogens with zero attached hydrogens (tertiary/aromatic N) is 1. The van der Waals surface area contributed by atoms with Crippen molar-refractivity contribution in [2.75, 3.05) is 19.6 Å². The highest BCUT2D eigenvalue weighted by Gasteiger charge is 2.02. The van der Waals surface area contributed by atoms with Gasteiger partial charge in [0, 0.05) is 6.54 Å². The average molecular weight is 225 g/mol. The van der Waals surface area contributed by atoms with Crippen molar-refractivity contribution in [2.45, 2.75) is 65.7 Å².